The number of carbonyl (C=O) groups excluding carboxylic acids is 1. The topological polar surface area (TPSA) is 63.9 Å². The van der Waals surface area contributed by atoms with Crippen LogP contribution in [0.5, 0.6) is 0 Å². The second-order valence-electron chi connectivity index (χ2n) is 8.45. The SMILES string of the molecule is Cc1ccc(-n2cnc(C)n2)c(C(=O)N2CCC[C@@H](C)[C@H]2CCc2ccc(F)cn2)c1. The van der Waals surface area contributed by atoms with Gasteiger partial charge in [0.2, 0.25) is 0 Å². The highest BCUT2D eigenvalue weighted by Gasteiger charge is 2.33. The van der Waals surface area contributed by atoms with Crippen molar-refractivity contribution in [1.82, 2.24) is 24.6 Å². The molecule has 0 radical (unpaired) electrons. The molecule has 0 saturated carbocycles. The molecule has 1 aliphatic rings. The number of pyridine rings is 1. The number of rotatable bonds is 5. The van der Waals surface area contributed by atoms with Gasteiger partial charge in [-0.25, -0.2) is 14.1 Å². The van der Waals surface area contributed by atoms with Gasteiger partial charge >= 0.3 is 0 Å². The summed E-state index contributed by atoms with van der Waals surface area (Å²) >= 11 is 0. The van der Waals surface area contributed by atoms with Crippen LogP contribution in [-0.2, 0) is 6.42 Å². The predicted molar refractivity (Wildman–Crippen MR) is 117 cm³/mol. The van der Waals surface area contributed by atoms with Gasteiger partial charge in [0.15, 0.2) is 0 Å². The number of carbonyl (C=O) groups is 1. The van der Waals surface area contributed by atoms with E-state index in [0.29, 0.717) is 23.7 Å². The van der Waals surface area contributed by atoms with Crippen molar-refractivity contribution in [3.63, 3.8) is 0 Å². The molecule has 1 fully saturated rings. The first-order valence-electron chi connectivity index (χ1n) is 10.8. The molecular formula is C24H28FN5O. The predicted octanol–water partition coefficient (Wildman–Crippen LogP) is 4.29. The lowest BCUT2D eigenvalue weighted by Crippen LogP contribution is -2.48. The van der Waals surface area contributed by atoms with Crippen molar-refractivity contribution in [3.05, 3.63) is 71.3 Å². The molecular weight excluding hydrogens is 393 g/mol. The van der Waals surface area contributed by atoms with E-state index >= 15 is 0 Å². The summed E-state index contributed by atoms with van der Waals surface area (Å²) in [5, 5.41) is 4.41. The Kier molecular flexibility index (Phi) is 6.11. The molecule has 2 aromatic heterocycles. The lowest BCUT2D eigenvalue weighted by Gasteiger charge is -2.40. The van der Waals surface area contributed by atoms with E-state index in [2.05, 4.69) is 22.0 Å². The van der Waals surface area contributed by atoms with E-state index in [4.69, 9.17) is 0 Å². The van der Waals surface area contributed by atoms with Crippen molar-refractivity contribution in [2.24, 2.45) is 5.92 Å². The summed E-state index contributed by atoms with van der Waals surface area (Å²) in [6, 6.07) is 9.13. The number of amides is 1. The molecule has 0 spiro atoms. The maximum Gasteiger partial charge on any atom is 0.256 e. The van der Waals surface area contributed by atoms with Gasteiger partial charge in [-0.3, -0.25) is 9.78 Å². The van der Waals surface area contributed by atoms with Crippen LogP contribution in [0, 0.1) is 25.6 Å². The van der Waals surface area contributed by atoms with Gasteiger partial charge in [-0.1, -0.05) is 18.6 Å². The Hall–Kier alpha value is -3.09. The van der Waals surface area contributed by atoms with E-state index < -0.39 is 0 Å². The Morgan fingerprint density at radius 3 is 2.74 bits per heavy atom. The van der Waals surface area contributed by atoms with E-state index in [1.165, 1.54) is 12.3 Å². The van der Waals surface area contributed by atoms with Crippen molar-refractivity contribution in [2.75, 3.05) is 6.54 Å². The second-order valence-corrected chi connectivity index (χ2v) is 8.45. The van der Waals surface area contributed by atoms with E-state index in [1.807, 2.05) is 36.9 Å². The van der Waals surface area contributed by atoms with Crippen molar-refractivity contribution >= 4 is 5.91 Å². The molecule has 0 bridgehead atoms. The van der Waals surface area contributed by atoms with Gasteiger partial charge in [-0.05, 0) is 69.7 Å². The van der Waals surface area contributed by atoms with Crippen LogP contribution in [-0.4, -0.2) is 43.1 Å². The highest BCUT2D eigenvalue weighted by molar-refractivity contribution is 5.98. The molecule has 3 aromatic rings. The van der Waals surface area contributed by atoms with Crippen LogP contribution in [0.25, 0.3) is 5.69 Å². The van der Waals surface area contributed by atoms with Gasteiger partial charge in [-0.15, -0.1) is 0 Å². The first kappa shape index (κ1) is 21.2. The molecule has 6 nitrogen and oxygen atoms in total. The summed E-state index contributed by atoms with van der Waals surface area (Å²) in [5.41, 5.74) is 3.26. The third-order valence-corrected chi connectivity index (χ3v) is 6.10. The summed E-state index contributed by atoms with van der Waals surface area (Å²) in [7, 11) is 0. The Bertz CT molecular complexity index is 1060. The normalized spacial score (nSPS) is 18.9. The smallest absolute Gasteiger partial charge is 0.256 e. The first-order chi connectivity index (χ1) is 14.9. The van der Waals surface area contributed by atoms with Gasteiger partial charge < -0.3 is 4.90 Å². The van der Waals surface area contributed by atoms with Crippen molar-refractivity contribution < 1.29 is 9.18 Å². The Morgan fingerprint density at radius 1 is 1.19 bits per heavy atom. The average molecular weight is 422 g/mol. The van der Waals surface area contributed by atoms with Gasteiger partial charge in [0.05, 0.1) is 17.4 Å². The number of aryl methyl sites for hydroxylation is 3. The fraction of sp³-hybridized carbons (Fsp3) is 0.417. The second kappa shape index (κ2) is 8.96. The molecule has 1 amide bonds. The Labute approximate surface area is 182 Å². The van der Waals surface area contributed by atoms with Crippen molar-refractivity contribution in [1.29, 1.82) is 0 Å². The average Bonchev–Trinajstić information content (AvgIpc) is 3.19. The molecule has 1 aliphatic heterocycles. The fourth-order valence-corrected chi connectivity index (χ4v) is 4.43. The van der Waals surface area contributed by atoms with Crippen LogP contribution < -0.4 is 0 Å². The van der Waals surface area contributed by atoms with Gasteiger partial charge in [0.1, 0.15) is 18.0 Å². The third-order valence-electron chi connectivity index (χ3n) is 6.10. The van der Waals surface area contributed by atoms with Crippen molar-refractivity contribution in [3.8, 4) is 5.69 Å². The van der Waals surface area contributed by atoms with Gasteiger partial charge in [0, 0.05) is 18.3 Å². The fourth-order valence-electron chi connectivity index (χ4n) is 4.43. The molecule has 2 atom stereocenters. The zero-order valence-electron chi connectivity index (χ0n) is 18.3. The molecule has 1 aromatic carbocycles. The molecule has 0 unspecified atom stereocenters. The zero-order chi connectivity index (χ0) is 22.0. The van der Waals surface area contributed by atoms with Crippen LogP contribution in [0.2, 0.25) is 0 Å². The van der Waals surface area contributed by atoms with Crippen LogP contribution in [0.1, 0.15) is 53.6 Å². The molecule has 162 valence electrons. The minimum absolute atomic E-state index is 0.0236. The van der Waals surface area contributed by atoms with Crippen LogP contribution in [0.15, 0.2) is 42.9 Å². The standard InChI is InChI=1S/C24H28FN5O/c1-16-6-10-23(30-15-27-18(3)28-30)21(13-16)24(31)29-12-4-5-17(2)22(29)11-9-20-8-7-19(25)14-26-20/h6-8,10,13-15,17,22H,4-5,9,11-12H2,1-3H3/t17-,22-/m1/s1. The van der Waals surface area contributed by atoms with E-state index in [9.17, 15) is 9.18 Å². The number of likely N-dealkylation sites (tertiary alicyclic amines) is 1. The first-order valence-corrected chi connectivity index (χ1v) is 10.8. The lowest BCUT2D eigenvalue weighted by atomic mass is 9.86. The van der Waals surface area contributed by atoms with Crippen LogP contribution in [0.3, 0.4) is 0 Å². The molecule has 31 heavy (non-hydrogen) atoms. The number of halogens is 1. The van der Waals surface area contributed by atoms with Crippen LogP contribution in [0.4, 0.5) is 4.39 Å². The summed E-state index contributed by atoms with van der Waals surface area (Å²) in [6.07, 6.45) is 6.49. The maximum absolute atomic E-state index is 13.8. The number of benzene rings is 1. The molecule has 1 saturated heterocycles. The van der Waals surface area contributed by atoms with Crippen LogP contribution >= 0.6 is 0 Å². The van der Waals surface area contributed by atoms with Crippen molar-refractivity contribution in [2.45, 2.75) is 52.5 Å². The summed E-state index contributed by atoms with van der Waals surface area (Å²) in [6.45, 7) is 6.76. The molecule has 3 heterocycles. The molecule has 0 N–H and O–H groups in total. The quantitative estimate of drug-likeness (QED) is 0.616. The Balaban J connectivity index is 1.61. The summed E-state index contributed by atoms with van der Waals surface area (Å²) < 4.78 is 14.9. The molecule has 4 rings (SSSR count). The third kappa shape index (κ3) is 4.65. The maximum atomic E-state index is 13.8. The molecule has 0 aliphatic carbocycles. The van der Waals surface area contributed by atoms with Gasteiger partial charge in [0.25, 0.3) is 5.91 Å². The number of piperidine rings is 1. The molecule has 7 heteroatoms. The number of nitrogens with zero attached hydrogens (tertiary/aromatic N) is 5. The highest BCUT2D eigenvalue weighted by atomic mass is 19.1. The largest absolute Gasteiger partial charge is 0.335 e. The number of hydrogen-bond donors (Lipinski definition) is 0. The number of hydrogen-bond acceptors (Lipinski definition) is 4. The monoisotopic (exact) mass is 421 g/mol. The Morgan fingerprint density at radius 2 is 2.03 bits per heavy atom. The summed E-state index contributed by atoms with van der Waals surface area (Å²) in [5.74, 6) is 0.743. The number of aromatic nitrogens is 4. The lowest BCUT2D eigenvalue weighted by molar-refractivity contribution is 0.0499. The van der Waals surface area contributed by atoms with Gasteiger partial charge in [-0.2, -0.15) is 5.10 Å². The summed E-state index contributed by atoms with van der Waals surface area (Å²) in [4.78, 5) is 24.2. The van der Waals surface area contributed by atoms with E-state index in [-0.39, 0.29) is 17.8 Å². The minimum Gasteiger partial charge on any atom is -0.335 e. The highest BCUT2D eigenvalue weighted by Crippen LogP contribution is 2.29. The minimum atomic E-state index is -0.332. The van der Waals surface area contributed by atoms with E-state index in [0.717, 1.165) is 42.8 Å². The zero-order valence-corrected chi connectivity index (χ0v) is 18.3. The van der Waals surface area contributed by atoms with E-state index in [1.54, 1.807) is 17.1 Å².